The Labute approximate surface area is 150 Å². The average molecular weight is 343 g/mol. The first-order valence-electron chi connectivity index (χ1n) is 9.08. The normalized spacial score (nSPS) is 24.4. The van der Waals surface area contributed by atoms with Gasteiger partial charge in [-0.2, -0.15) is 0 Å². The third-order valence-corrected chi connectivity index (χ3v) is 5.56. The predicted molar refractivity (Wildman–Crippen MR) is 98.4 cm³/mol. The molecule has 0 aliphatic heterocycles. The lowest BCUT2D eigenvalue weighted by Gasteiger charge is -2.32. The summed E-state index contributed by atoms with van der Waals surface area (Å²) in [6.07, 6.45) is 7.10. The van der Waals surface area contributed by atoms with Gasteiger partial charge in [0.1, 0.15) is 18.2 Å². The van der Waals surface area contributed by atoms with Crippen LogP contribution in [0.1, 0.15) is 50.5 Å². The summed E-state index contributed by atoms with van der Waals surface area (Å²) in [5, 5.41) is 13.4. The first-order chi connectivity index (χ1) is 12.0. The highest BCUT2D eigenvalue weighted by Crippen LogP contribution is 2.38. The van der Waals surface area contributed by atoms with E-state index < -0.39 is 0 Å². The lowest BCUT2D eigenvalue weighted by Crippen LogP contribution is -2.42. The lowest BCUT2D eigenvalue weighted by molar-refractivity contribution is 0.114. The molecule has 0 radical (unpaired) electrons. The zero-order chi connectivity index (χ0) is 17.9. The standard InChI is InChI=1S/C20H29N3O2/c1-15(22-18-5-4-10-20(18,2)14-24)16-6-8-17(9-7-16)25-13-19-21-11-12-23(19)3/h6-9,11-12,15,18,22,24H,4-5,10,13-14H2,1-3H3. The number of aryl methyl sites for hydroxylation is 1. The van der Waals surface area contributed by atoms with Crippen molar-refractivity contribution in [3.8, 4) is 5.75 Å². The Balaban J connectivity index is 1.57. The maximum absolute atomic E-state index is 9.71. The molecular weight excluding hydrogens is 314 g/mol. The number of imidazole rings is 1. The van der Waals surface area contributed by atoms with Crippen LogP contribution in [-0.4, -0.2) is 27.3 Å². The van der Waals surface area contributed by atoms with Crippen LogP contribution < -0.4 is 10.1 Å². The first-order valence-corrected chi connectivity index (χ1v) is 9.08. The van der Waals surface area contributed by atoms with Crippen LogP contribution in [-0.2, 0) is 13.7 Å². The number of aromatic nitrogens is 2. The molecule has 1 fully saturated rings. The number of nitrogens with one attached hydrogen (secondary N) is 1. The van der Waals surface area contributed by atoms with Crippen LogP contribution in [0, 0.1) is 5.41 Å². The molecule has 1 aromatic heterocycles. The van der Waals surface area contributed by atoms with E-state index in [1.165, 1.54) is 12.0 Å². The number of hydrogen-bond acceptors (Lipinski definition) is 4. The zero-order valence-electron chi connectivity index (χ0n) is 15.4. The molecule has 1 saturated carbocycles. The average Bonchev–Trinajstić information content (AvgIpc) is 3.20. The van der Waals surface area contributed by atoms with Crippen LogP contribution >= 0.6 is 0 Å². The third kappa shape index (κ3) is 4.05. The van der Waals surface area contributed by atoms with Crippen LogP contribution in [0.15, 0.2) is 36.7 Å². The van der Waals surface area contributed by atoms with E-state index in [0.717, 1.165) is 24.4 Å². The molecule has 0 bridgehead atoms. The Hall–Kier alpha value is -1.85. The second kappa shape index (κ2) is 7.58. The monoisotopic (exact) mass is 343 g/mol. The maximum Gasteiger partial charge on any atom is 0.146 e. The Bertz CT molecular complexity index is 683. The van der Waals surface area contributed by atoms with Crippen molar-refractivity contribution in [3.63, 3.8) is 0 Å². The van der Waals surface area contributed by atoms with Crippen LogP contribution in [0.3, 0.4) is 0 Å². The molecule has 0 saturated heterocycles. The molecule has 1 aliphatic carbocycles. The fourth-order valence-corrected chi connectivity index (χ4v) is 3.64. The molecule has 3 rings (SSSR count). The minimum absolute atomic E-state index is 0.000616. The Morgan fingerprint density at radius 2 is 2.16 bits per heavy atom. The molecule has 5 nitrogen and oxygen atoms in total. The molecule has 1 heterocycles. The van der Waals surface area contributed by atoms with Crippen LogP contribution in [0.2, 0.25) is 0 Å². The summed E-state index contributed by atoms with van der Waals surface area (Å²) >= 11 is 0. The molecule has 0 spiro atoms. The first kappa shape index (κ1) is 18.0. The topological polar surface area (TPSA) is 59.3 Å². The summed E-state index contributed by atoms with van der Waals surface area (Å²) in [6.45, 7) is 5.07. The van der Waals surface area contributed by atoms with Gasteiger partial charge in [0.05, 0.1) is 0 Å². The predicted octanol–water partition coefficient (Wildman–Crippen LogP) is 3.20. The number of aliphatic hydroxyl groups is 1. The van der Waals surface area contributed by atoms with Crippen molar-refractivity contribution >= 4 is 0 Å². The number of benzene rings is 1. The van der Waals surface area contributed by atoms with Crippen LogP contribution in [0.5, 0.6) is 5.75 Å². The van der Waals surface area contributed by atoms with Crippen molar-refractivity contribution in [2.24, 2.45) is 12.5 Å². The lowest BCUT2D eigenvalue weighted by atomic mass is 9.85. The highest BCUT2D eigenvalue weighted by Gasteiger charge is 2.38. The summed E-state index contributed by atoms with van der Waals surface area (Å²) in [5.74, 6) is 1.75. The van der Waals surface area contributed by atoms with Gasteiger partial charge in [-0.3, -0.25) is 0 Å². The molecule has 0 amide bonds. The molecule has 5 heteroatoms. The second-order valence-electron chi connectivity index (χ2n) is 7.46. The number of ether oxygens (including phenoxy) is 1. The molecule has 3 unspecified atom stereocenters. The van der Waals surface area contributed by atoms with Gasteiger partial charge in [0, 0.05) is 43.5 Å². The van der Waals surface area contributed by atoms with Gasteiger partial charge in [0.25, 0.3) is 0 Å². The van der Waals surface area contributed by atoms with Gasteiger partial charge >= 0.3 is 0 Å². The third-order valence-electron chi connectivity index (χ3n) is 5.56. The molecular formula is C20H29N3O2. The van der Waals surface area contributed by atoms with Crippen LogP contribution in [0.25, 0.3) is 0 Å². The maximum atomic E-state index is 9.71. The minimum atomic E-state index is -0.000616. The molecule has 2 aromatic rings. The van der Waals surface area contributed by atoms with E-state index >= 15 is 0 Å². The van der Waals surface area contributed by atoms with Crippen LogP contribution in [0.4, 0.5) is 0 Å². The van der Waals surface area contributed by atoms with Crippen molar-refractivity contribution in [2.45, 2.75) is 51.8 Å². The van der Waals surface area contributed by atoms with Gasteiger partial charge in [0.15, 0.2) is 0 Å². The summed E-state index contributed by atoms with van der Waals surface area (Å²) in [5.41, 5.74) is 1.23. The summed E-state index contributed by atoms with van der Waals surface area (Å²) in [6, 6.07) is 8.85. The SMILES string of the molecule is CC(NC1CCCC1(C)CO)c1ccc(OCc2nccn2C)cc1. The van der Waals surface area contributed by atoms with Crippen molar-refractivity contribution in [2.75, 3.05) is 6.61 Å². The van der Waals surface area contributed by atoms with E-state index in [4.69, 9.17) is 4.74 Å². The molecule has 1 aromatic carbocycles. The largest absolute Gasteiger partial charge is 0.486 e. The highest BCUT2D eigenvalue weighted by molar-refractivity contribution is 5.29. The van der Waals surface area contributed by atoms with E-state index in [9.17, 15) is 5.11 Å². The van der Waals surface area contributed by atoms with Gasteiger partial charge in [-0.25, -0.2) is 4.98 Å². The summed E-state index contributed by atoms with van der Waals surface area (Å²) in [4.78, 5) is 4.26. The Morgan fingerprint density at radius 1 is 1.40 bits per heavy atom. The number of aliphatic hydroxyl groups excluding tert-OH is 1. The second-order valence-corrected chi connectivity index (χ2v) is 7.46. The van der Waals surface area contributed by atoms with Crippen molar-refractivity contribution in [1.29, 1.82) is 0 Å². The molecule has 25 heavy (non-hydrogen) atoms. The number of hydrogen-bond donors (Lipinski definition) is 2. The number of rotatable bonds is 7. The van der Waals surface area contributed by atoms with E-state index in [0.29, 0.717) is 12.6 Å². The van der Waals surface area contributed by atoms with Crippen molar-refractivity contribution < 1.29 is 9.84 Å². The van der Waals surface area contributed by atoms with E-state index in [2.05, 4.69) is 36.3 Å². The Morgan fingerprint density at radius 3 is 2.80 bits per heavy atom. The molecule has 1 aliphatic rings. The van der Waals surface area contributed by atoms with E-state index in [-0.39, 0.29) is 18.1 Å². The van der Waals surface area contributed by atoms with Gasteiger partial charge in [-0.05, 0) is 37.5 Å². The van der Waals surface area contributed by atoms with Crippen molar-refractivity contribution in [1.82, 2.24) is 14.9 Å². The molecule has 3 atom stereocenters. The van der Waals surface area contributed by atoms with Gasteiger partial charge in [0.2, 0.25) is 0 Å². The quantitative estimate of drug-likeness (QED) is 0.810. The van der Waals surface area contributed by atoms with Gasteiger partial charge in [-0.15, -0.1) is 0 Å². The Kier molecular flexibility index (Phi) is 5.45. The molecule has 2 N–H and O–H groups in total. The fourth-order valence-electron chi connectivity index (χ4n) is 3.64. The summed E-state index contributed by atoms with van der Waals surface area (Å²) in [7, 11) is 1.96. The van der Waals surface area contributed by atoms with Gasteiger partial charge < -0.3 is 19.7 Å². The van der Waals surface area contributed by atoms with Gasteiger partial charge in [-0.1, -0.05) is 25.5 Å². The van der Waals surface area contributed by atoms with E-state index in [1.807, 2.05) is 29.9 Å². The zero-order valence-corrected chi connectivity index (χ0v) is 15.4. The van der Waals surface area contributed by atoms with E-state index in [1.54, 1.807) is 6.20 Å². The summed E-state index contributed by atoms with van der Waals surface area (Å²) < 4.78 is 7.77. The fraction of sp³-hybridized carbons (Fsp3) is 0.550. The highest BCUT2D eigenvalue weighted by atomic mass is 16.5. The minimum Gasteiger partial charge on any atom is -0.486 e. The molecule has 136 valence electrons. The van der Waals surface area contributed by atoms with Crippen molar-refractivity contribution in [3.05, 3.63) is 48.0 Å². The smallest absolute Gasteiger partial charge is 0.146 e. The number of nitrogens with zero attached hydrogens (tertiary/aromatic N) is 2.